The van der Waals surface area contributed by atoms with Crippen molar-refractivity contribution < 1.29 is 14.9 Å². The van der Waals surface area contributed by atoms with Crippen LogP contribution in [0.1, 0.15) is 50.0 Å². The molecular formula is C29H38N4O3S. The third kappa shape index (κ3) is 6.45. The number of aliphatic imine (C=N–C) groups is 1. The Kier molecular flexibility index (Phi) is 8.97. The van der Waals surface area contributed by atoms with Crippen LogP contribution < -0.4 is 4.72 Å². The fourth-order valence-electron chi connectivity index (χ4n) is 5.42. The Bertz CT molecular complexity index is 1100. The van der Waals surface area contributed by atoms with E-state index in [4.69, 9.17) is 4.74 Å². The minimum absolute atomic E-state index is 0.335. The SMILES string of the molecule is CCOC(O)C1=CC(N2CCN(C(O)c3ccc(NSc4cccc5c4N=CCC5)cc3)CC2)CCC1. The predicted molar refractivity (Wildman–Crippen MR) is 150 cm³/mol. The number of ether oxygens (including phenoxy) is 1. The molecule has 1 saturated heterocycles. The third-order valence-corrected chi connectivity index (χ3v) is 8.40. The number of nitrogens with one attached hydrogen (secondary N) is 1. The van der Waals surface area contributed by atoms with Crippen LogP contribution in [0.4, 0.5) is 11.4 Å². The topological polar surface area (TPSA) is 80.6 Å². The van der Waals surface area contributed by atoms with Gasteiger partial charge in [-0.25, -0.2) is 0 Å². The highest BCUT2D eigenvalue weighted by Gasteiger charge is 2.29. The second-order valence-corrected chi connectivity index (χ2v) is 10.7. The highest BCUT2D eigenvalue weighted by molar-refractivity contribution is 8.00. The van der Waals surface area contributed by atoms with E-state index in [1.54, 1.807) is 11.9 Å². The Balaban J connectivity index is 1.13. The van der Waals surface area contributed by atoms with Crippen molar-refractivity contribution in [3.05, 3.63) is 65.2 Å². The number of hydrogen-bond acceptors (Lipinski definition) is 8. The van der Waals surface area contributed by atoms with Gasteiger partial charge in [-0.1, -0.05) is 30.3 Å². The quantitative estimate of drug-likeness (QED) is 0.246. The Morgan fingerprint density at radius 2 is 1.89 bits per heavy atom. The molecule has 0 bridgehead atoms. The average molecular weight is 523 g/mol. The van der Waals surface area contributed by atoms with Gasteiger partial charge in [-0.2, -0.15) is 0 Å². The zero-order valence-electron chi connectivity index (χ0n) is 21.6. The Hall–Kier alpha value is -2.20. The van der Waals surface area contributed by atoms with Crippen molar-refractivity contribution in [2.45, 2.75) is 62.5 Å². The number of nitrogens with zero attached hydrogens (tertiary/aromatic N) is 3. The van der Waals surface area contributed by atoms with Crippen LogP contribution in [0.2, 0.25) is 0 Å². The summed E-state index contributed by atoms with van der Waals surface area (Å²) in [5, 5.41) is 21.3. The molecular weight excluding hydrogens is 484 g/mol. The van der Waals surface area contributed by atoms with Gasteiger partial charge >= 0.3 is 0 Å². The van der Waals surface area contributed by atoms with Crippen LogP contribution in [0.15, 0.2) is 64.0 Å². The summed E-state index contributed by atoms with van der Waals surface area (Å²) in [5.74, 6) is 0. The third-order valence-electron chi connectivity index (χ3n) is 7.51. The molecule has 8 heteroatoms. The van der Waals surface area contributed by atoms with Gasteiger partial charge in [-0.05, 0) is 85.9 Å². The molecule has 3 unspecified atom stereocenters. The largest absolute Gasteiger partial charge is 0.374 e. The number of aliphatic hydroxyl groups excluding tert-OH is 2. The Morgan fingerprint density at radius 3 is 2.68 bits per heavy atom. The van der Waals surface area contributed by atoms with E-state index in [-0.39, 0.29) is 0 Å². The summed E-state index contributed by atoms with van der Waals surface area (Å²) in [6.45, 7) is 5.84. The second kappa shape index (κ2) is 12.6. The molecule has 5 rings (SSSR count). The molecule has 2 heterocycles. The molecule has 3 atom stereocenters. The van der Waals surface area contributed by atoms with Gasteiger partial charge in [0.05, 0.1) is 10.6 Å². The van der Waals surface area contributed by atoms with Crippen molar-refractivity contribution in [3.63, 3.8) is 0 Å². The molecule has 0 amide bonds. The standard InChI is InChI=1S/C29H38N4O3S/c1-2-36-29(35)23-7-3-9-25(20-23)32-16-18-33(19-17-32)28(34)22-11-13-24(14-12-22)31-37-26-10-4-6-21-8-5-15-30-27(21)26/h4,6,10-15,20,25,28-29,31,34-35H,2-3,5,7-9,16-19H2,1H3. The first-order valence-corrected chi connectivity index (χ1v) is 14.3. The smallest absolute Gasteiger partial charge is 0.177 e. The highest BCUT2D eigenvalue weighted by atomic mass is 32.2. The van der Waals surface area contributed by atoms with Crippen LogP contribution in [-0.4, -0.2) is 71.3 Å². The van der Waals surface area contributed by atoms with E-state index in [0.717, 1.165) is 85.7 Å². The van der Waals surface area contributed by atoms with Gasteiger partial charge in [0, 0.05) is 50.7 Å². The molecule has 37 heavy (non-hydrogen) atoms. The maximum absolute atomic E-state index is 11.1. The van der Waals surface area contributed by atoms with Crippen molar-refractivity contribution in [1.29, 1.82) is 0 Å². The minimum Gasteiger partial charge on any atom is -0.374 e. The summed E-state index contributed by atoms with van der Waals surface area (Å²) in [5.41, 5.74) is 5.29. The summed E-state index contributed by atoms with van der Waals surface area (Å²) < 4.78 is 8.83. The fourth-order valence-corrected chi connectivity index (χ4v) is 6.21. The molecule has 3 aliphatic rings. The molecule has 0 radical (unpaired) electrons. The van der Waals surface area contributed by atoms with E-state index in [1.807, 2.05) is 37.4 Å². The van der Waals surface area contributed by atoms with Gasteiger partial charge in [0.1, 0.15) is 6.23 Å². The number of fused-ring (bicyclic) bond motifs is 1. The molecule has 198 valence electrons. The first-order valence-electron chi connectivity index (χ1n) is 13.5. The number of aliphatic hydroxyl groups is 2. The van der Waals surface area contributed by atoms with Crippen molar-refractivity contribution in [2.75, 3.05) is 37.5 Å². The van der Waals surface area contributed by atoms with Crippen molar-refractivity contribution >= 4 is 29.5 Å². The zero-order valence-corrected chi connectivity index (χ0v) is 22.4. The van der Waals surface area contributed by atoms with Crippen LogP contribution in [0.3, 0.4) is 0 Å². The molecule has 2 aromatic rings. The molecule has 2 aliphatic heterocycles. The fraction of sp³-hybridized carbons (Fsp3) is 0.483. The lowest BCUT2D eigenvalue weighted by atomic mass is 9.93. The molecule has 0 spiro atoms. The number of hydrogen-bond donors (Lipinski definition) is 3. The van der Waals surface area contributed by atoms with Crippen molar-refractivity contribution in [2.24, 2.45) is 4.99 Å². The molecule has 0 saturated carbocycles. The molecule has 0 aromatic heterocycles. The second-order valence-electron chi connectivity index (χ2n) is 9.89. The number of para-hydroxylation sites is 1. The van der Waals surface area contributed by atoms with E-state index >= 15 is 0 Å². The van der Waals surface area contributed by atoms with Gasteiger partial charge < -0.3 is 19.7 Å². The van der Waals surface area contributed by atoms with Gasteiger partial charge in [0.25, 0.3) is 0 Å². The summed E-state index contributed by atoms with van der Waals surface area (Å²) in [4.78, 5) is 10.3. The van der Waals surface area contributed by atoms with E-state index in [1.165, 1.54) is 5.56 Å². The molecule has 1 fully saturated rings. The number of anilines is 1. The van der Waals surface area contributed by atoms with Gasteiger partial charge in [0.15, 0.2) is 6.29 Å². The lowest BCUT2D eigenvalue weighted by Gasteiger charge is -2.41. The average Bonchev–Trinajstić information content (AvgIpc) is 2.96. The van der Waals surface area contributed by atoms with Crippen LogP contribution in [0.5, 0.6) is 0 Å². The summed E-state index contributed by atoms with van der Waals surface area (Å²) >= 11 is 1.58. The molecule has 1 aliphatic carbocycles. The number of benzene rings is 2. The maximum Gasteiger partial charge on any atom is 0.177 e. The lowest BCUT2D eigenvalue weighted by Crippen LogP contribution is -2.51. The monoisotopic (exact) mass is 522 g/mol. The first kappa shape index (κ1) is 26.4. The Labute approximate surface area is 224 Å². The summed E-state index contributed by atoms with van der Waals surface area (Å²) in [7, 11) is 0. The van der Waals surface area contributed by atoms with Crippen LogP contribution >= 0.6 is 11.9 Å². The molecule has 2 aromatic carbocycles. The summed E-state index contributed by atoms with van der Waals surface area (Å²) in [6, 6.07) is 14.7. The number of aryl methyl sites for hydroxylation is 1. The van der Waals surface area contributed by atoms with Crippen molar-refractivity contribution in [1.82, 2.24) is 9.80 Å². The zero-order chi connectivity index (χ0) is 25.6. The Morgan fingerprint density at radius 1 is 1.08 bits per heavy atom. The van der Waals surface area contributed by atoms with Gasteiger partial charge in [0.2, 0.25) is 0 Å². The van der Waals surface area contributed by atoms with E-state index < -0.39 is 12.5 Å². The maximum atomic E-state index is 11.1. The van der Waals surface area contributed by atoms with Crippen LogP contribution in [0.25, 0.3) is 0 Å². The van der Waals surface area contributed by atoms with Crippen molar-refractivity contribution in [3.8, 4) is 0 Å². The lowest BCUT2D eigenvalue weighted by molar-refractivity contribution is -0.0710. The number of piperazine rings is 1. The molecule has 7 nitrogen and oxygen atoms in total. The predicted octanol–water partition coefficient (Wildman–Crippen LogP) is 4.90. The minimum atomic E-state index is -0.779. The number of rotatable bonds is 9. The normalized spacial score (nSPS) is 22.2. The van der Waals surface area contributed by atoms with Crippen LogP contribution in [-0.2, 0) is 11.2 Å². The summed E-state index contributed by atoms with van der Waals surface area (Å²) in [6.07, 6.45) is 7.94. The van der Waals surface area contributed by atoms with Gasteiger partial charge in [-0.15, -0.1) is 0 Å². The first-order chi connectivity index (χ1) is 18.1. The van der Waals surface area contributed by atoms with Gasteiger partial charge in [-0.3, -0.25) is 14.8 Å². The van der Waals surface area contributed by atoms with E-state index in [2.05, 4.69) is 43.8 Å². The molecule has 3 N–H and O–H groups in total. The van der Waals surface area contributed by atoms with Crippen LogP contribution in [0, 0.1) is 0 Å². The van der Waals surface area contributed by atoms with E-state index in [0.29, 0.717) is 12.6 Å². The van der Waals surface area contributed by atoms with E-state index in [9.17, 15) is 10.2 Å². The highest BCUT2D eigenvalue weighted by Crippen LogP contribution is 2.36.